The summed E-state index contributed by atoms with van der Waals surface area (Å²) in [4.78, 5) is 38.4. The van der Waals surface area contributed by atoms with Gasteiger partial charge in [0.05, 0.1) is 28.6 Å². The maximum atomic E-state index is 12.7. The average molecular weight is 388 g/mol. The lowest BCUT2D eigenvalue weighted by atomic mass is 10.1. The highest BCUT2D eigenvalue weighted by atomic mass is 32.2. The van der Waals surface area contributed by atoms with Gasteiger partial charge in [-0.25, -0.2) is 4.79 Å². The van der Waals surface area contributed by atoms with Crippen molar-refractivity contribution in [2.75, 3.05) is 0 Å². The number of amides is 2. The molecule has 28 heavy (non-hydrogen) atoms. The van der Waals surface area contributed by atoms with Crippen LogP contribution in [0.15, 0.2) is 68.7 Å². The molecule has 0 unspecified atom stereocenters. The Morgan fingerprint density at radius 1 is 1.07 bits per heavy atom. The van der Waals surface area contributed by atoms with E-state index in [0.717, 1.165) is 22.0 Å². The Morgan fingerprint density at radius 3 is 2.64 bits per heavy atom. The van der Waals surface area contributed by atoms with Crippen LogP contribution in [0.4, 0.5) is 4.79 Å². The van der Waals surface area contributed by atoms with Crippen molar-refractivity contribution in [3.8, 4) is 6.07 Å². The van der Waals surface area contributed by atoms with Gasteiger partial charge in [-0.05, 0) is 41.6 Å². The van der Waals surface area contributed by atoms with E-state index in [1.807, 2.05) is 6.07 Å². The molecule has 3 aromatic rings. The highest BCUT2D eigenvalue weighted by Gasteiger charge is 2.35. The molecule has 0 saturated carbocycles. The van der Waals surface area contributed by atoms with Crippen molar-refractivity contribution in [3.63, 3.8) is 0 Å². The topological polar surface area (TPSA) is 91.4 Å². The van der Waals surface area contributed by atoms with Crippen molar-refractivity contribution < 1.29 is 14.0 Å². The number of carbonyl (C=O) groups excluding carboxylic acids is 2. The van der Waals surface area contributed by atoms with Crippen LogP contribution in [-0.2, 0) is 11.3 Å². The largest absolute Gasteiger partial charge is 0.422 e. The molecule has 7 heteroatoms. The zero-order valence-electron chi connectivity index (χ0n) is 14.4. The SMILES string of the molecule is N#Cc1ccccc1CN1C(=O)S/C(=C/c2cc3ccccc3oc2=O)C1=O. The summed E-state index contributed by atoms with van der Waals surface area (Å²) in [5.74, 6) is -0.504. The molecule has 1 aliphatic rings. The summed E-state index contributed by atoms with van der Waals surface area (Å²) < 4.78 is 5.26. The van der Waals surface area contributed by atoms with Crippen LogP contribution in [0.5, 0.6) is 0 Å². The third-order valence-corrected chi connectivity index (χ3v) is 5.20. The molecule has 2 amide bonds. The molecular weight excluding hydrogens is 376 g/mol. The van der Waals surface area contributed by atoms with Gasteiger partial charge in [0.1, 0.15) is 5.58 Å². The van der Waals surface area contributed by atoms with Crippen LogP contribution in [0, 0.1) is 11.3 Å². The van der Waals surface area contributed by atoms with E-state index in [0.29, 0.717) is 16.7 Å². The number of rotatable bonds is 3. The molecule has 1 aliphatic heterocycles. The van der Waals surface area contributed by atoms with Gasteiger partial charge in [-0.2, -0.15) is 5.26 Å². The minimum atomic E-state index is -0.583. The van der Waals surface area contributed by atoms with E-state index in [2.05, 4.69) is 6.07 Å². The number of fused-ring (bicyclic) bond motifs is 1. The van der Waals surface area contributed by atoms with Crippen molar-refractivity contribution in [3.05, 3.63) is 86.6 Å². The molecule has 4 rings (SSSR count). The van der Waals surface area contributed by atoms with E-state index in [9.17, 15) is 19.6 Å². The van der Waals surface area contributed by atoms with Gasteiger partial charge in [-0.3, -0.25) is 14.5 Å². The Labute approximate surface area is 163 Å². The average Bonchev–Trinajstić information content (AvgIpc) is 2.96. The van der Waals surface area contributed by atoms with Crippen molar-refractivity contribution >= 4 is 40.0 Å². The third kappa shape index (κ3) is 3.21. The number of nitrogens with zero attached hydrogens (tertiary/aromatic N) is 2. The summed E-state index contributed by atoms with van der Waals surface area (Å²) in [5, 5.41) is 9.46. The molecule has 0 spiro atoms. The van der Waals surface area contributed by atoms with Crippen molar-refractivity contribution in [2.45, 2.75) is 6.54 Å². The van der Waals surface area contributed by atoms with Gasteiger partial charge in [0, 0.05) is 5.39 Å². The molecule has 2 aromatic carbocycles. The maximum absolute atomic E-state index is 12.7. The second-order valence-electron chi connectivity index (χ2n) is 6.06. The molecule has 6 nitrogen and oxygen atoms in total. The van der Waals surface area contributed by atoms with Crippen molar-refractivity contribution in [1.29, 1.82) is 5.26 Å². The number of para-hydroxylation sites is 1. The van der Waals surface area contributed by atoms with Gasteiger partial charge in [0.15, 0.2) is 0 Å². The Hall–Kier alpha value is -3.63. The van der Waals surface area contributed by atoms with Crippen LogP contribution >= 0.6 is 11.8 Å². The van der Waals surface area contributed by atoms with Gasteiger partial charge in [-0.1, -0.05) is 36.4 Å². The predicted molar refractivity (Wildman–Crippen MR) is 105 cm³/mol. The highest BCUT2D eigenvalue weighted by Crippen LogP contribution is 2.33. The first-order valence-electron chi connectivity index (χ1n) is 8.33. The van der Waals surface area contributed by atoms with E-state index < -0.39 is 16.8 Å². The first-order chi connectivity index (χ1) is 13.6. The number of hydrogen-bond acceptors (Lipinski definition) is 6. The summed E-state index contributed by atoms with van der Waals surface area (Å²) in [7, 11) is 0. The zero-order chi connectivity index (χ0) is 19.7. The molecule has 0 aliphatic carbocycles. The summed E-state index contributed by atoms with van der Waals surface area (Å²) in [6.45, 7) is -0.00192. The lowest BCUT2D eigenvalue weighted by Crippen LogP contribution is -2.27. The number of thioether (sulfide) groups is 1. The van der Waals surface area contributed by atoms with Gasteiger partial charge in [0.2, 0.25) is 0 Å². The molecular formula is C21H12N2O4S. The maximum Gasteiger partial charge on any atom is 0.343 e. The third-order valence-electron chi connectivity index (χ3n) is 4.29. The number of benzene rings is 2. The minimum Gasteiger partial charge on any atom is -0.422 e. The molecule has 1 aromatic heterocycles. The fourth-order valence-electron chi connectivity index (χ4n) is 2.89. The molecule has 136 valence electrons. The second-order valence-corrected chi connectivity index (χ2v) is 7.06. The minimum absolute atomic E-state index is 0.00192. The smallest absolute Gasteiger partial charge is 0.343 e. The normalized spacial score (nSPS) is 15.4. The van der Waals surface area contributed by atoms with E-state index in [1.54, 1.807) is 48.5 Å². The summed E-state index contributed by atoms with van der Waals surface area (Å²) >= 11 is 0.759. The Morgan fingerprint density at radius 2 is 1.82 bits per heavy atom. The van der Waals surface area contributed by atoms with E-state index in [4.69, 9.17) is 4.42 Å². The van der Waals surface area contributed by atoms with Crippen LogP contribution in [0.25, 0.3) is 17.0 Å². The fraction of sp³-hybridized carbons (Fsp3) is 0.0476. The standard InChI is InChI=1S/C21H12N2O4S/c22-11-14-6-1-2-7-15(14)12-23-19(24)18(28-21(23)26)10-16-9-13-5-3-4-8-17(13)27-20(16)25/h1-10H,12H2/b18-10+. The zero-order valence-corrected chi connectivity index (χ0v) is 15.2. The number of carbonyl (C=O) groups is 2. The lowest BCUT2D eigenvalue weighted by molar-refractivity contribution is -0.123. The Kier molecular flexibility index (Phi) is 4.55. The van der Waals surface area contributed by atoms with Gasteiger partial charge >= 0.3 is 5.63 Å². The van der Waals surface area contributed by atoms with Gasteiger partial charge < -0.3 is 4.42 Å². The lowest BCUT2D eigenvalue weighted by Gasteiger charge is -2.13. The molecule has 2 heterocycles. The molecule has 1 saturated heterocycles. The molecule has 0 atom stereocenters. The second kappa shape index (κ2) is 7.18. The van der Waals surface area contributed by atoms with Crippen LogP contribution in [0.1, 0.15) is 16.7 Å². The number of nitriles is 1. The monoisotopic (exact) mass is 388 g/mol. The van der Waals surface area contributed by atoms with Crippen LogP contribution in [-0.4, -0.2) is 16.0 Å². The van der Waals surface area contributed by atoms with E-state index in [-0.39, 0.29) is 17.0 Å². The predicted octanol–water partition coefficient (Wildman–Crippen LogP) is 3.90. The van der Waals surface area contributed by atoms with E-state index in [1.165, 1.54) is 6.08 Å². The highest BCUT2D eigenvalue weighted by molar-refractivity contribution is 8.18. The summed E-state index contributed by atoms with van der Waals surface area (Å²) in [6, 6.07) is 17.5. The molecule has 1 fully saturated rings. The number of hydrogen-bond donors (Lipinski definition) is 0. The van der Waals surface area contributed by atoms with Crippen LogP contribution in [0.3, 0.4) is 0 Å². The Bertz CT molecular complexity index is 1250. The van der Waals surface area contributed by atoms with E-state index >= 15 is 0 Å². The summed E-state index contributed by atoms with van der Waals surface area (Å²) in [6.07, 6.45) is 1.37. The first kappa shape index (κ1) is 17.8. The van der Waals surface area contributed by atoms with Gasteiger partial charge in [0.25, 0.3) is 11.1 Å². The quantitative estimate of drug-likeness (QED) is 0.499. The van der Waals surface area contributed by atoms with Crippen molar-refractivity contribution in [2.24, 2.45) is 0 Å². The number of imide groups is 1. The van der Waals surface area contributed by atoms with Crippen molar-refractivity contribution in [1.82, 2.24) is 4.90 Å². The van der Waals surface area contributed by atoms with Gasteiger partial charge in [-0.15, -0.1) is 0 Å². The Balaban J connectivity index is 1.67. The van der Waals surface area contributed by atoms with Crippen LogP contribution < -0.4 is 5.63 Å². The molecule has 0 radical (unpaired) electrons. The van der Waals surface area contributed by atoms with Crippen LogP contribution in [0.2, 0.25) is 0 Å². The fourth-order valence-corrected chi connectivity index (χ4v) is 3.72. The first-order valence-corrected chi connectivity index (χ1v) is 9.15. The molecule has 0 N–H and O–H groups in total. The summed E-state index contributed by atoms with van der Waals surface area (Å²) in [5.41, 5.74) is 1.05. The molecule has 0 bridgehead atoms.